The minimum atomic E-state index is -0.762. The quantitative estimate of drug-likeness (QED) is 0.156. The average Bonchev–Trinajstić information content (AvgIpc) is 2.96. The van der Waals surface area contributed by atoms with Crippen molar-refractivity contribution in [1.29, 1.82) is 0 Å². The second-order valence-electron chi connectivity index (χ2n) is 7.82. The zero-order valence-corrected chi connectivity index (χ0v) is 22.2. The first-order valence-electron chi connectivity index (χ1n) is 11.3. The van der Waals surface area contributed by atoms with Gasteiger partial charge in [-0.15, -0.1) is 0 Å². The molecule has 38 heavy (non-hydrogen) atoms. The van der Waals surface area contributed by atoms with Crippen LogP contribution in [0.5, 0.6) is 28.7 Å². The Morgan fingerprint density at radius 1 is 0.737 bits per heavy atom. The van der Waals surface area contributed by atoms with Crippen LogP contribution in [0.3, 0.4) is 0 Å². The number of halogens is 1. The summed E-state index contributed by atoms with van der Waals surface area (Å²) in [6.45, 7) is 0. The zero-order chi connectivity index (χ0) is 27.2. The summed E-state index contributed by atoms with van der Waals surface area (Å²) in [4.78, 5) is 23.0. The van der Waals surface area contributed by atoms with Gasteiger partial charge in [0.1, 0.15) is 22.7 Å². The lowest BCUT2D eigenvalue weighted by Crippen LogP contribution is -2.11. The number of carbonyl (C=O) groups excluding carboxylic acids is 1. The van der Waals surface area contributed by atoms with Crippen molar-refractivity contribution in [2.75, 3.05) is 35.5 Å². The van der Waals surface area contributed by atoms with Crippen molar-refractivity contribution in [1.82, 2.24) is 4.98 Å². The van der Waals surface area contributed by atoms with Crippen molar-refractivity contribution < 1.29 is 33.3 Å². The van der Waals surface area contributed by atoms with Crippen molar-refractivity contribution in [3.63, 3.8) is 0 Å². The van der Waals surface area contributed by atoms with Gasteiger partial charge in [-0.05, 0) is 60.0 Å². The van der Waals surface area contributed by atoms with Gasteiger partial charge in [-0.2, -0.15) is 0 Å². The number of methoxy groups -OCH3 is 5. The molecule has 9 nitrogen and oxygen atoms in total. The number of aromatic nitrogens is 1. The summed E-state index contributed by atoms with van der Waals surface area (Å²) in [7, 11) is 7.62. The summed E-state index contributed by atoms with van der Waals surface area (Å²) in [5.74, 6) is 1.57. The highest BCUT2D eigenvalue weighted by Crippen LogP contribution is 2.35. The topological polar surface area (TPSA) is 97.7 Å². The lowest BCUT2D eigenvalue weighted by atomic mass is 10.0. The summed E-state index contributed by atoms with van der Waals surface area (Å²) < 4.78 is 27.1. The number of benzene rings is 3. The number of pyridine rings is 1. The van der Waals surface area contributed by atoms with E-state index in [1.165, 1.54) is 20.3 Å². The van der Waals surface area contributed by atoms with Gasteiger partial charge < -0.3 is 28.5 Å². The smallest absolute Gasteiger partial charge is 0.369 e. The summed E-state index contributed by atoms with van der Waals surface area (Å²) in [5.41, 5.74) is 1.37. The van der Waals surface area contributed by atoms with Gasteiger partial charge in [0.2, 0.25) is 0 Å². The molecule has 10 heteroatoms. The SMILES string of the molecule is COc1ccc(C(=NOC(=O)c2cc(Cl)ccc2OC)c2nccc3cc(OC)c(OC)cc23)cc1OC. The number of fused-ring (bicyclic) bond motifs is 1. The van der Waals surface area contributed by atoms with Crippen LogP contribution in [0, 0.1) is 0 Å². The van der Waals surface area contributed by atoms with Crippen LogP contribution < -0.4 is 23.7 Å². The molecule has 4 rings (SSSR count). The Hall–Kier alpha value is -4.50. The fourth-order valence-corrected chi connectivity index (χ4v) is 4.05. The molecule has 0 aliphatic rings. The molecule has 0 aliphatic heterocycles. The highest BCUT2D eigenvalue weighted by atomic mass is 35.5. The van der Waals surface area contributed by atoms with Crippen molar-refractivity contribution in [3.05, 3.63) is 82.6 Å². The van der Waals surface area contributed by atoms with Crippen molar-refractivity contribution in [2.45, 2.75) is 0 Å². The normalized spacial score (nSPS) is 11.2. The van der Waals surface area contributed by atoms with Gasteiger partial charge in [0.25, 0.3) is 0 Å². The molecular weight excluding hydrogens is 512 g/mol. The first kappa shape index (κ1) is 26.6. The van der Waals surface area contributed by atoms with E-state index in [-0.39, 0.29) is 11.3 Å². The van der Waals surface area contributed by atoms with E-state index in [0.29, 0.717) is 50.4 Å². The molecule has 0 fully saturated rings. The Bertz CT molecular complexity index is 1520. The van der Waals surface area contributed by atoms with Gasteiger partial charge in [0.15, 0.2) is 23.0 Å². The minimum Gasteiger partial charge on any atom is -0.496 e. The first-order chi connectivity index (χ1) is 18.4. The maximum absolute atomic E-state index is 13.0. The molecule has 0 amide bonds. The molecule has 0 bridgehead atoms. The number of hydrogen-bond donors (Lipinski definition) is 0. The summed E-state index contributed by atoms with van der Waals surface area (Å²) >= 11 is 6.10. The van der Waals surface area contributed by atoms with Crippen molar-refractivity contribution >= 4 is 34.1 Å². The van der Waals surface area contributed by atoms with E-state index in [1.807, 2.05) is 12.1 Å². The number of nitrogens with zero attached hydrogens (tertiary/aromatic N) is 2. The fourth-order valence-electron chi connectivity index (χ4n) is 3.88. The highest BCUT2D eigenvalue weighted by molar-refractivity contribution is 6.31. The van der Waals surface area contributed by atoms with Crippen LogP contribution in [0.15, 0.2) is 65.9 Å². The molecule has 4 aromatic rings. The largest absolute Gasteiger partial charge is 0.496 e. The third-order valence-electron chi connectivity index (χ3n) is 5.75. The molecule has 0 atom stereocenters. The molecule has 1 heterocycles. The van der Waals surface area contributed by atoms with Crippen LogP contribution in [-0.4, -0.2) is 52.2 Å². The molecule has 1 aromatic heterocycles. The fraction of sp³-hybridized carbons (Fsp3) is 0.179. The van der Waals surface area contributed by atoms with Gasteiger partial charge in [0.05, 0.1) is 35.5 Å². The Balaban J connectivity index is 1.90. The molecular formula is C28H25ClN2O7. The van der Waals surface area contributed by atoms with E-state index in [2.05, 4.69) is 10.1 Å². The number of carbonyl (C=O) groups is 1. The van der Waals surface area contributed by atoms with Gasteiger partial charge in [-0.1, -0.05) is 16.8 Å². The third kappa shape index (κ3) is 5.28. The van der Waals surface area contributed by atoms with Crippen LogP contribution >= 0.6 is 11.6 Å². The number of oxime groups is 1. The molecule has 196 valence electrons. The summed E-state index contributed by atoms with van der Waals surface area (Å²) in [6, 6.07) is 15.3. The van der Waals surface area contributed by atoms with E-state index in [4.69, 9.17) is 40.1 Å². The Morgan fingerprint density at radius 3 is 2.05 bits per heavy atom. The van der Waals surface area contributed by atoms with Gasteiger partial charge in [-0.3, -0.25) is 4.98 Å². The van der Waals surface area contributed by atoms with Gasteiger partial charge >= 0.3 is 5.97 Å². The van der Waals surface area contributed by atoms with E-state index < -0.39 is 5.97 Å². The standard InChI is InChI=1S/C28H25ClN2O7/c1-33-21-9-7-18(29)14-20(21)28(32)38-31-26(17-6-8-22(34-2)23(13-17)35-3)27-19-15-25(37-5)24(36-4)12-16(19)10-11-30-27/h6-15H,1-5H3. The molecule has 0 N–H and O–H groups in total. The lowest BCUT2D eigenvalue weighted by molar-refractivity contribution is 0.0513. The summed E-state index contributed by atoms with van der Waals surface area (Å²) in [6.07, 6.45) is 1.63. The number of hydrogen-bond acceptors (Lipinski definition) is 9. The minimum absolute atomic E-state index is 0.118. The molecule has 0 aliphatic carbocycles. The van der Waals surface area contributed by atoms with Crippen LogP contribution in [0.25, 0.3) is 10.8 Å². The van der Waals surface area contributed by atoms with Crippen molar-refractivity contribution in [3.8, 4) is 28.7 Å². The van der Waals surface area contributed by atoms with Crippen LogP contribution in [0.1, 0.15) is 21.6 Å². The molecule has 0 radical (unpaired) electrons. The Morgan fingerprint density at radius 2 is 1.37 bits per heavy atom. The predicted octanol–water partition coefficient (Wildman–Crippen LogP) is 5.54. The zero-order valence-electron chi connectivity index (χ0n) is 21.4. The second-order valence-corrected chi connectivity index (χ2v) is 8.26. The van der Waals surface area contributed by atoms with E-state index in [1.54, 1.807) is 63.9 Å². The number of ether oxygens (including phenoxy) is 5. The van der Waals surface area contributed by atoms with Gasteiger partial charge in [-0.25, -0.2) is 4.79 Å². The van der Waals surface area contributed by atoms with Crippen LogP contribution in [0.2, 0.25) is 5.02 Å². The molecule has 0 unspecified atom stereocenters. The Kier molecular flexibility index (Phi) is 8.18. The first-order valence-corrected chi connectivity index (χ1v) is 11.7. The molecule has 0 spiro atoms. The van der Waals surface area contributed by atoms with E-state index in [0.717, 1.165) is 5.39 Å². The number of rotatable bonds is 9. The van der Waals surface area contributed by atoms with Gasteiger partial charge in [0, 0.05) is 22.2 Å². The van der Waals surface area contributed by atoms with Crippen molar-refractivity contribution in [2.24, 2.45) is 5.16 Å². The van der Waals surface area contributed by atoms with Crippen LogP contribution in [0.4, 0.5) is 0 Å². The summed E-state index contributed by atoms with van der Waals surface area (Å²) in [5, 5.41) is 6.11. The molecule has 0 saturated carbocycles. The van der Waals surface area contributed by atoms with E-state index >= 15 is 0 Å². The third-order valence-corrected chi connectivity index (χ3v) is 5.99. The monoisotopic (exact) mass is 536 g/mol. The average molecular weight is 537 g/mol. The lowest BCUT2D eigenvalue weighted by Gasteiger charge is -2.14. The maximum Gasteiger partial charge on any atom is 0.369 e. The highest BCUT2D eigenvalue weighted by Gasteiger charge is 2.20. The molecule has 3 aromatic carbocycles. The molecule has 0 saturated heterocycles. The second kappa shape index (κ2) is 11.7. The van der Waals surface area contributed by atoms with E-state index in [9.17, 15) is 4.79 Å². The van der Waals surface area contributed by atoms with Crippen LogP contribution in [-0.2, 0) is 4.84 Å². The Labute approximate surface area is 224 Å². The maximum atomic E-state index is 13.0. The predicted molar refractivity (Wildman–Crippen MR) is 143 cm³/mol.